The summed E-state index contributed by atoms with van der Waals surface area (Å²) >= 11 is 0. The van der Waals surface area contributed by atoms with E-state index in [0.29, 0.717) is 39.0 Å². The summed E-state index contributed by atoms with van der Waals surface area (Å²) in [5.74, 6) is -0.815. The van der Waals surface area contributed by atoms with Crippen LogP contribution in [-0.4, -0.2) is 59.5 Å². The van der Waals surface area contributed by atoms with Gasteiger partial charge in [-0.2, -0.15) is 0 Å². The fourth-order valence-corrected chi connectivity index (χ4v) is 2.29. The Balaban J connectivity index is 2.55. The number of carboxylic acids is 1. The van der Waals surface area contributed by atoms with Crippen LogP contribution in [0.15, 0.2) is 0 Å². The number of ether oxygens (including phenoxy) is 1. The van der Waals surface area contributed by atoms with Gasteiger partial charge in [0, 0.05) is 32.6 Å². The zero-order valence-corrected chi connectivity index (χ0v) is 10.7. The monoisotopic (exact) mass is 245 g/mol. The van der Waals surface area contributed by atoms with Crippen LogP contribution in [0.25, 0.3) is 0 Å². The van der Waals surface area contributed by atoms with Crippen molar-refractivity contribution in [3.63, 3.8) is 0 Å². The first-order chi connectivity index (χ1) is 7.98. The number of rotatable bonds is 6. The van der Waals surface area contributed by atoms with Crippen LogP contribution in [0.2, 0.25) is 0 Å². The van der Waals surface area contributed by atoms with Crippen LogP contribution in [0.4, 0.5) is 0 Å². The molecule has 1 aliphatic rings. The van der Waals surface area contributed by atoms with Gasteiger partial charge in [0.25, 0.3) is 0 Å². The van der Waals surface area contributed by atoms with E-state index in [4.69, 9.17) is 9.84 Å². The van der Waals surface area contributed by atoms with E-state index in [1.165, 1.54) is 0 Å². The molecule has 0 aromatic rings. The number of carboxylic acid groups (broad SMARTS) is 1. The maximum Gasteiger partial charge on any atom is 0.320 e. The summed E-state index contributed by atoms with van der Waals surface area (Å²) in [6.45, 7) is 3.46. The van der Waals surface area contributed by atoms with Crippen molar-refractivity contribution in [2.75, 3.05) is 26.8 Å². The quantitative estimate of drug-likeness (QED) is 0.721. The Kier molecular flexibility index (Phi) is 5.36. The molecule has 100 valence electrons. The molecule has 0 saturated carbocycles. The summed E-state index contributed by atoms with van der Waals surface area (Å²) in [6.07, 6.45) is 2.59. The Morgan fingerprint density at radius 2 is 2.06 bits per heavy atom. The highest BCUT2D eigenvalue weighted by molar-refractivity contribution is 5.73. The van der Waals surface area contributed by atoms with Gasteiger partial charge in [0.2, 0.25) is 0 Å². The number of aliphatic carboxylic acids is 1. The van der Waals surface area contributed by atoms with E-state index in [9.17, 15) is 9.90 Å². The van der Waals surface area contributed by atoms with Crippen molar-refractivity contribution in [1.82, 2.24) is 4.90 Å². The third kappa shape index (κ3) is 4.26. The second kappa shape index (κ2) is 6.33. The molecular formula is C12H23NO4. The molecule has 5 nitrogen and oxygen atoms in total. The van der Waals surface area contributed by atoms with Gasteiger partial charge in [0.15, 0.2) is 0 Å². The minimum absolute atomic E-state index is 0.396. The van der Waals surface area contributed by atoms with E-state index in [1.807, 2.05) is 6.92 Å². The highest BCUT2D eigenvalue weighted by Gasteiger charge is 2.34. The summed E-state index contributed by atoms with van der Waals surface area (Å²) in [6, 6.07) is -0.508. The zero-order valence-electron chi connectivity index (χ0n) is 10.7. The molecule has 0 aliphatic carbocycles. The lowest BCUT2D eigenvalue weighted by Crippen LogP contribution is -2.50. The van der Waals surface area contributed by atoms with E-state index in [-0.39, 0.29) is 0 Å². The molecule has 0 aromatic heterocycles. The molecule has 1 fully saturated rings. The first kappa shape index (κ1) is 14.4. The minimum atomic E-state index is -0.815. The largest absolute Gasteiger partial charge is 0.480 e. The van der Waals surface area contributed by atoms with Crippen molar-refractivity contribution in [1.29, 1.82) is 0 Å². The summed E-state index contributed by atoms with van der Waals surface area (Å²) in [5.41, 5.74) is -0.797. The third-order valence-electron chi connectivity index (χ3n) is 3.35. The van der Waals surface area contributed by atoms with Crippen LogP contribution in [0.5, 0.6) is 0 Å². The van der Waals surface area contributed by atoms with E-state index in [1.54, 1.807) is 11.9 Å². The van der Waals surface area contributed by atoms with Gasteiger partial charge in [-0.25, -0.2) is 0 Å². The SMILES string of the molecule is CCCC(C(=O)O)N(C)CC1(O)CCOCC1. The Morgan fingerprint density at radius 1 is 1.47 bits per heavy atom. The first-order valence-corrected chi connectivity index (χ1v) is 6.22. The lowest BCUT2D eigenvalue weighted by Gasteiger charge is -2.37. The molecule has 1 atom stereocenters. The van der Waals surface area contributed by atoms with Crippen LogP contribution in [0.1, 0.15) is 32.6 Å². The van der Waals surface area contributed by atoms with Gasteiger partial charge in [-0.15, -0.1) is 0 Å². The predicted molar refractivity (Wildman–Crippen MR) is 64.0 cm³/mol. The normalized spacial score (nSPS) is 21.4. The molecule has 1 heterocycles. The third-order valence-corrected chi connectivity index (χ3v) is 3.35. The Hall–Kier alpha value is -0.650. The number of aliphatic hydroxyl groups is 1. The highest BCUT2D eigenvalue weighted by atomic mass is 16.5. The molecule has 1 rings (SSSR count). The molecule has 0 aromatic carbocycles. The van der Waals surface area contributed by atoms with Crippen LogP contribution >= 0.6 is 0 Å². The van der Waals surface area contributed by atoms with E-state index >= 15 is 0 Å². The lowest BCUT2D eigenvalue weighted by molar-refractivity contribution is -0.145. The summed E-state index contributed by atoms with van der Waals surface area (Å²) in [4.78, 5) is 12.9. The van der Waals surface area contributed by atoms with Crippen molar-refractivity contribution in [2.45, 2.75) is 44.2 Å². The van der Waals surface area contributed by atoms with Gasteiger partial charge >= 0.3 is 5.97 Å². The standard InChI is InChI=1S/C12H23NO4/c1-3-4-10(11(14)15)13(2)9-12(16)5-7-17-8-6-12/h10,16H,3-9H2,1-2H3,(H,14,15). The van der Waals surface area contributed by atoms with E-state index < -0.39 is 17.6 Å². The molecular weight excluding hydrogens is 222 g/mol. The second-order valence-electron chi connectivity index (χ2n) is 4.89. The number of hydrogen-bond donors (Lipinski definition) is 2. The highest BCUT2D eigenvalue weighted by Crippen LogP contribution is 2.22. The van der Waals surface area contributed by atoms with Crippen LogP contribution in [0, 0.1) is 0 Å². The number of hydrogen-bond acceptors (Lipinski definition) is 4. The summed E-state index contributed by atoms with van der Waals surface area (Å²) in [7, 11) is 1.77. The maximum atomic E-state index is 11.1. The maximum absolute atomic E-state index is 11.1. The van der Waals surface area contributed by atoms with Crippen molar-refractivity contribution >= 4 is 5.97 Å². The number of likely N-dealkylation sites (N-methyl/N-ethyl adjacent to an activating group) is 1. The molecule has 2 N–H and O–H groups in total. The van der Waals surface area contributed by atoms with Gasteiger partial charge in [-0.1, -0.05) is 13.3 Å². The Labute approximate surface area is 102 Å². The van der Waals surface area contributed by atoms with Crippen molar-refractivity contribution in [3.05, 3.63) is 0 Å². The van der Waals surface area contributed by atoms with Crippen molar-refractivity contribution < 1.29 is 19.7 Å². The molecule has 5 heteroatoms. The smallest absolute Gasteiger partial charge is 0.320 e. The van der Waals surface area contributed by atoms with Gasteiger partial charge in [-0.05, 0) is 13.5 Å². The average molecular weight is 245 g/mol. The number of carbonyl (C=O) groups is 1. The van der Waals surface area contributed by atoms with Crippen LogP contribution in [0.3, 0.4) is 0 Å². The predicted octanol–water partition coefficient (Wildman–Crippen LogP) is 0.713. The molecule has 0 amide bonds. The van der Waals surface area contributed by atoms with Crippen molar-refractivity contribution in [2.24, 2.45) is 0 Å². The average Bonchev–Trinajstić information content (AvgIpc) is 2.25. The molecule has 17 heavy (non-hydrogen) atoms. The minimum Gasteiger partial charge on any atom is -0.480 e. The second-order valence-corrected chi connectivity index (χ2v) is 4.89. The Morgan fingerprint density at radius 3 is 2.53 bits per heavy atom. The van der Waals surface area contributed by atoms with Gasteiger partial charge in [0.1, 0.15) is 6.04 Å². The van der Waals surface area contributed by atoms with Gasteiger partial charge in [-0.3, -0.25) is 9.69 Å². The molecule has 0 bridgehead atoms. The van der Waals surface area contributed by atoms with Crippen LogP contribution < -0.4 is 0 Å². The molecule has 1 aliphatic heterocycles. The summed E-state index contributed by atoms with van der Waals surface area (Å²) in [5, 5.41) is 19.5. The topological polar surface area (TPSA) is 70.0 Å². The van der Waals surface area contributed by atoms with Crippen LogP contribution in [-0.2, 0) is 9.53 Å². The number of nitrogens with zero attached hydrogens (tertiary/aromatic N) is 1. The lowest BCUT2D eigenvalue weighted by atomic mass is 9.93. The molecule has 1 saturated heterocycles. The fourth-order valence-electron chi connectivity index (χ4n) is 2.29. The molecule has 0 radical (unpaired) electrons. The molecule has 1 unspecified atom stereocenters. The fraction of sp³-hybridized carbons (Fsp3) is 0.917. The molecule has 0 spiro atoms. The first-order valence-electron chi connectivity index (χ1n) is 6.22. The van der Waals surface area contributed by atoms with E-state index in [2.05, 4.69) is 0 Å². The van der Waals surface area contributed by atoms with E-state index in [0.717, 1.165) is 6.42 Å². The van der Waals surface area contributed by atoms with Gasteiger partial charge in [0.05, 0.1) is 5.60 Å². The zero-order chi connectivity index (χ0) is 12.9. The Bertz CT molecular complexity index is 251. The van der Waals surface area contributed by atoms with Crippen molar-refractivity contribution in [3.8, 4) is 0 Å². The summed E-state index contributed by atoms with van der Waals surface area (Å²) < 4.78 is 5.21. The van der Waals surface area contributed by atoms with Gasteiger partial charge < -0.3 is 14.9 Å².